The molecule has 3 aliphatic heterocycles. The second kappa shape index (κ2) is 10.5. The lowest BCUT2D eigenvalue weighted by atomic mass is 9.84. The van der Waals surface area contributed by atoms with Crippen molar-refractivity contribution >= 4 is 16.0 Å². The van der Waals surface area contributed by atoms with Gasteiger partial charge in [0.25, 0.3) is 0 Å². The number of carbonyl (C=O) groups is 1. The third-order valence-electron chi connectivity index (χ3n) is 7.44. The molecule has 0 saturated carbocycles. The van der Waals surface area contributed by atoms with Gasteiger partial charge in [-0.15, -0.1) is 0 Å². The zero-order valence-electron chi connectivity index (χ0n) is 21.0. The van der Waals surface area contributed by atoms with Crippen LogP contribution in [-0.2, 0) is 26.0 Å². The van der Waals surface area contributed by atoms with Crippen LogP contribution in [0.3, 0.4) is 0 Å². The van der Waals surface area contributed by atoms with Crippen LogP contribution in [0.5, 0.6) is 17.2 Å². The van der Waals surface area contributed by atoms with Crippen LogP contribution < -0.4 is 4.74 Å². The molecule has 0 bridgehead atoms. The molecule has 14 heteroatoms. The number of aliphatic hydroxyl groups excluding tert-OH is 3. The number of aromatic hydroxyl groups is 2. The van der Waals surface area contributed by atoms with E-state index in [0.29, 0.717) is 0 Å². The fraction of sp³-hybridized carbons (Fsp3) is 0.480. The number of nitrogens with zero attached hydrogens (tertiary/aromatic N) is 2. The Balaban J connectivity index is 1.46. The van der Waals surface area contributed by atoms with Crippen LogP contribution in [-0.4, -0.2) is 113 Å². The van der Waals surface area contributed by atoms with E-state index in [1.54, 1.807) is 18.2 Å². The highest BCUT2D eigenvalue weighted by molar-refractivity contribution is 7.89. The van der Waals surface area contributed by atoms with Crippen LogP contribution in [0.4, 0.5) is 0 Å². The van der Waals surface area contributed by atoms with Crippen LogP contribution in [0.25, 0.3) is 0 Å². The predicted octanol–water partition coefficient (Wildman–Crippen LogP) is -0.694. The molecule has 2 saturated heterocycles. The van der Waals surface area contributed by atoms with E-state index in [-0.39, 0.29) is 60.1 Å². The summed E-state index contributed by atoms with van der Waals surface area (Å²) in [7, 11) is -2.47. The van der Waals surface area contributed by atoms with Gasteiger partial charge in [0.1, 0.15) is 24.4 Å². The number of hydrogen-bond donors (Lipinski definition) is 5. The molecule has 0 radical (unpaired) electrons. The highest BCUT2D eigenvalue weighted by atomic mass is 32.2. The number of carbonyl (C=O) groups excluding carboxylic acids is 1. The third-order valence-corrected chi connectivity index (χ3v) is 9.35. The van der Waals surface area contributed by atoms with Crippen LogP contribution in [0, 0.1) is 0 Å². The minimum absolute atomic E-state index is 0.0227. The molecule has 2 aromatic rings. The van der Waals surface area contributed by atoms with Gasteiger partial charge in [-0.05, 0) is 12.1 Å². The van der Waals surface area contributed by atoms with Crippen molar-refractivity contribution in [3.63, 3.8) is 0 Å². The van der Waals surface area contributed by atoms with E-state index < -0.39 is 64.6 Å². The number of phenols is 2. The molecule has 212 valence electrons. The van der Waals surface area contributed by atoms with E-state index in [1.807, 2.05) is 4.90 Å². The molecule has 0 aliphatic carbocycles. The lowest BCUT2D eigenvalue weighted by Crippen LogP contribution is -2.58. The van der Waals surface area contributed by atoms with Crippen LogP contribution >= 0.6 is 0 Å². The lowest BCUT2D eigenvalue weighted by Gasteiger charge is -2.45. The molecule has 0 aromatic heterocycles. The Morgan fingerprint density at radius 1 is 1.03 bits per heavy atom. The molecular weight excluding hydrogens is 536 g/mol. The first-order chi connectivity index (χ1) is 18.6. The Morgan fingerprint density at radius 2 is 1.69 bits per heavy atom. The highest BCUT2D eigenvalue weighted by Crippen LogP contribution is 2.52. The second-order valence-corrected chi connectivity index (χ2v) is 11.6. The number of piperazine rings is 1. The first-order valence-electron chi connectivity index (χ1n) is 12.4. The Labute approximate surface area is 224 Å². The van der Waals surface area contributed by atoms with Crippen molar-refractivity contribution in [1.82, 2.24) is 9.21 Å². The molecule has 2 unspecified atom stereocenters. The number of phenolic OH excluding ortho intramolecular Hbond substituents is 2. The fourth-order valence-corrected chi connectivity index (χ4v) is 6.80. The summed E-state index contributed by atoms with van der Waals surface area (Å²) < 4.78 is 43.7. The molecule has 2 fully saturated rings. The molecular formula is C25H30N2O11S. The van der Waals surface area contributed by atoms with Gasteiger partial charge >= 0.3 is 5.97 Å². The van der Waals surface area contributed by atoms with Gasteiger partial charge in [0.15, 0.2) is 17.6 Å². The smallest absolute Gasteiger partial charge is 0.339 e. The Morgan fingerprint density at radius 3 is 2.31 bits per heavy atom. The van der Waals surface area contributed by atoms with Crippen LogP contribution in [0.15, 0.2) is 35.2 Å². The maximum atomic E-state index is 13.2. The van der Waals surface area contributed by atoms with Crippen molar-refractivity contribution in [2.75, 3.05) is 39.9 Å². The van der Waals surface area contributed by atoms with Crippen molar-refractivity contribution in [2.45, 2.75) is 42.0 Å². The molecule has 3 heterocycles. The predicted molar refractivity (Wildman–Crippen MR) is 133 cm³/mol. The molecule has 2 aromatic carbocycles. The number of methoxy groups -OCH3 is 1. The number of ether oxygens (including phenoxy) is 3. The first-order valence-corrected chi connectivity index (χ1v) is 13.8. The number of benzene rings is 2. The largest absolute Gasteiger partial charge is 0.504 e. The van der Waals surface area contributed by atoms with Gasteiger partial charge < -0.3 is 39.7 Å². The number of sulfonamides is 1. The lowest BCUT2D eigenvalue weighted by molar-refractivity contribution is -0.235. The molecule has 39 heavy (non-hydrogen) atoms. The van der Waals surface area contributed by atoms with Gasteiger partial charge in [0, 0.05) is 43.9 Å². The van der Waals surface area contributed by atoms with Gasteiger partial charge in [-0.3, -0.25) is 4.90 Å². The van der Waals surface area contributed by atoms with E-state index in [1.165, 1.54) is 23.5 Å². The molecule has 0 amide bonds. The SMILES string of the molecule is COc1c(O)c(CN2CCN(S(=O)(=O)c3ccccc3)CC2)c2c(c1O)C1O[C@H](CO)[C@@H](O)[C@H](O)C1OC2=O. The fourth-order valence-electron chi connectivity index (χ4n) is 5.36. The summed E-state index contributed by atoms with van der Waals surface area (Å²) in [5.41, 5.74) is -0.227. The monoisotopic (exact) mass is 566 g/mol. The van der Waals surface area contributed by atoms with E-state index in [9.17, 15) is 38.7 Å². The summed E-state index contributed by atoms with van der Waals surface area (Å²) in [4.78, 5) is 15.2. The van der Waals surface area contributed by atoms with Gasteiger partial charge in [0.05, 0.1) is 24.2 Å². The molecule has 13 nitrogen and oxygen atoms in total. The Hall–Kier alpha value is -2.98. The highest BCUT2D eigenvalue weighted by Gasteiger charge is 2.53. The van der Waals surface area contributed by atoms with E-state index in [0.717, 1.165) is 0 Å². The quantitative estimate of drug-likeness (QED) is 0.277. The maximum absolute atomic E-state index is 13.2. The van der Waals surface area contributed by atoms with Crippen molar-refractivity contribution in [1.29, 1.82) is 0 Å². The van der Waals surface area contributed by atoms with Crippen LogP contribution in [0.2, 0.25) is 0 Å². The van der Waals surface area contributed by atoms with Gasteiger partial charge in [-0.25, -0.2) is 13.2 Å². The van der Waals surface area contributed by atoms with E-state index >= 15 is 0 Å². The Bertz CT molecular complexity index is 1350. The van der Waals surface area contributed by atoms with Crippen molar-refractivity contribution < 1.29 is 53.0 Å². The number of rotatable bonds is 6. The first kappa shape index (κ1) is 27.6. The molecule has 3 aliphatic rings. The standard InChI is InChI=1S/C25H30N2O11S/c1-36-23-18(29)14(11-26-7-9-27(10-8-26)39(34,35)13-5-3-2-4-6-13)16-17(20(23)31)22-24(38-25(16)33)21(32)19(30)15(12-28)37-22/h2-6,15,19,21-22,24,28-32H,7-12H2,1H3/t15-,19-,21+,22?,24?/m1/s1. The van der Waals surface area contributed by atoms with Crippen molar-refractivity contribution in [3.8, 4) is 17.2 Å². The van der Waals surface area contributed by atoms with Gasteiger partial charge in [0.2, 0.25) is 15.8 Å². The summed E-state index contributed by atoms with van der Waals surface area (Å²) in [5.74, 6) is -2.39. The van der Waals surface area contributed by atoms with E-state index in [4.69, 9.17) is 14.2 Å². The zero-order chi connectivity index (χ0) is 28.1. The molecule has 0 spiro atoms. The number of aliphatic hydroxyl groups is 3. The summed E-state index contributed by atoms with van der Waals surface area (Å²) >= 11 is 0. The van der Waals surface area contributed by atoms with Crippen molar-refractivity contribution in [2.24, 2.45) is 0 Å². The van der Waals surface area contributed by atoms with Gasteiger partial charge in [-0.1, -0.05) is 18.2 Å². The molecule has 5 rings (SSSR count). The number of fused-ring (bicyclic) bond motifs is 3. The summed E-state index contributed by atoms with van der Waals surface area (Å²) in [5, 5.41) is 52.4. The second-order valence-electron chi connectivity index (χ2n) is 9.62. The van der Waals surface area contributed by atoms with Crippen LogP contribution in [0.1, 0.15) is 27.6 Å². The average Bonchev–Trinajstić information content (AvgIpc) is 2.94. The summed E-state index contributed by atoms with van der Waals surface area (Å²) in [6.45, 7) is 0.206. The number of esters is 1. The molecule has 5 atom stereocenters. The number of hydrogen-bond acceptors (Lipinski definition) is 12. The average molecular weight is 567 g/mol. The summed E-state index contributed by atoms with van der Waals surface area (Å²) in [6, 6.07) is 8.08. The van der Waals surface area contributed by atoms with E-state index in [2.05, 4.69) is 0 Å². The maximum Gasteiger partial charge on any atom is 0.339 e. The normalized spacial score (nSPS) is 27.9. The zero-order valence-corrected chi connectivity index (χ0v) is 21.8. The third kappa shape index (κ3) is 4.61. The minimum Gasteiger partial charge on any atom is -0.504 e. The Kier molecular flexibility index (Phi) is 7.45. The molecule has 5 N–H and O–H groups in total. The van der Waals surface area contributed by atoms with Gasteiger partial charge in [-0.2, -0.15) is 4.31 Å². The minimum atomic E-state index is -3.69. The topological polar surface area (TPSA) is 187 Å². The summed E-state index contributed by atoms with van der Waals surface area (Å²) in [6.07, 6.45) is -7.04. The van der Waals surface area contributed by atoms with Crippen molar-refractivity contribution in [3.05, 3.63) is 47.0 Å².